The maximum atomic E-state index is 12.4. The van der Waals surface area contributed by atoms with Gasteiger partial charge >= 0.3 is 5.97 Å². The zero-order valence-corrected chi connectivity index (χ0v) is 10.7. The van der Waals surface area contributed by atoms with Crippen LogP contribution in [0.15, 0.2) is 24.3 Å². The fraction of sp³-hybridized carbons (Fsp3) is 0.429. The highest BCUT2D eigenvalue weighted by atomic mass is 16.4. The molecule has 5 nitrogen and oxygen atoms in total. The van der Waals surface area contributed by atoms with Crippen LogP contribution in [0, 0.1) is 0 Å². The summed E-state index contributed by atoms with van der Waals surface area (Å²) in [5.74, 6) is -1.39. The number of hydrogen-bond donors (Lipinski definition) is 2. The molecule has 5 heteroatoms. The molecule has 0 radical (unpaired) electrons. The van der Waals surface area contributed by atoms with Crippen LogP contribution in [0.2, 0.25) is 0 Å². The van der Waals surface area contributed by atoms with Gasteiger partial charge in [-0.25, -0.2) is 4.79 Å². The molecule has 0 spiro atoms. The molecule has 1 amide bonds. The minimum atomic E-state index is -1.07. The molecule has 19 heavy (non-hydrogen) atoms. The Kier molecular flexibility index (Phi) is 3.85. The third-order valence-corrected chi connectivity index (χ3v) is 3.45. The van der Waals surface area contributed by atoms with Crippen molar-refractivity contribution < 1.29 is 19.8 Å². The first-order valence-electron chi connectivity index (χ1n) is 6.34. The Bertz CT molecular complexity index is 500. The van der Waals surface area contributed by atoms with Gasteiger partial charge in [0.25, 0.3) is 5.91 Å². The molecule has 0 aliphatic carbocycles. The topological polar surface area (TPSA) is 77.8 Å². The van der Waals surface area contributed by atoms with Crippen molar-refractivity contribution in [3.63, 3.8) is 0 Å². The maximum absolute atomic E-state index is 12.4. The van der Waals surface area contributed by atoms with Crippen LogP contribution in [0.25, 0.3) is 0 Å². The monoisotopic (exact) mass is 263 g/mol. The van der Waals surface area contributed by atoms with E-state index in [2.05, 4.69) is 0 Å². The lowest BCUT2D eigenvalue weighted by molar-refractivity contribution is -0.141. The Morgan fingerprint density at radius 2 is 2.05 bits per heavy atom. The fourth-order valence-electron chi connectivity index (χ4n) is 2.46. The van der Waals surface area contributed by atoms with Gasteiger partial charge in [-0.3, -0.25) is 4.79 Å². The minimum Gasteiger partial charge on any atom is -0.480 e. The number of likely N-dealkylation sites (tertiary alicyclic amines) is 1. The lowest BCUT2D eigenvalue weighted by Gasteiger charge is -2.22. The molecule has 1 aliphatic heterocycles. The van der Waals surface area contributed by atoms with Gasteiger partial charge in [0.2, 0.25) is 0 Å². The van der Waals surface area contributed by atoms with Crippen LogP contribution in [0.3, 0.4) is 0 Å². The van der Waals surface area contributed by atoms with Gasteiger partial charge in [-0.1, -0.05) is 25.1 Å². The molecular formula is C14H17NO4. The van der Waals surface area contributed by atoms with Gasteiger partial charge in [0, 0.05) is 18.5 Å². The van der Waals surface area contributed by atoms with E-state index in [0.717, 1.165) is 5.56 Å². The van der Waals surface area contributed by atoms with E-state index in [-0.39, 0.29) is 18.9 Å². The van der Waals surface area contributed by atoms with E-state index in [1.54, 1.807) is 12.1 Å². The van der Waals surface area contributed by atoms with Crippen molar-refractivity contribution in [3.05, 3.63) is 35.4 Å². The normalized spacial score (nSPS) is 22.5. The van der Waals surface area contributed by atoms with Gasteiger partial charge in [0.15, 0.2) is 0 Å². The van der Waals surface area contributed by atoms with E-state index >= 15 is 0 Å². The Morgan fingerprint density at radius 1 is 1.37 bits per heavy atom. The Balaban J connectivity index is 2.30. The number of β-amino-alcohol motifs (C(OH)–C–C–N with tert-alkyl or cyclic N) is 1. The number of aliphatic hydroxyl groups is 1. The number of amides is 1. The fourth-order valence-corrected chi connectivity index (χ4v) is 2.46. The molecular weight excluding hydrogens is 246 g/mol. The van der Waals surface area contributed by atoms with Crippen molar-refractivity contribution in [2.24, 2.45) is 0 Å². The van der Waals surface area contributed by atoms with Gasteiger partial charge in [0.1, 0.15) is 6.04 Å². The zero-order valence-electron chi connectivity index (χ0n) is 10.7. The summed E-state index contributed by atoms with van der Waals surface area (Å²) in [6.07, 6.45) is 0.0321. The molecule has 102 valence electrons. The number of benzene rings is 1. The average molecular weight is 263 g/mol. The van der Waals surface area contributed by atoms with E-state index in [9.17, 15) is 14.7 Å². The molecule has 2 rings (SSSR count). The SMILES string of the molecule is CCc1ccccc1C(=O)N1C[C@H](O)C[C@H]1C(=O)O. The van der Waals surface area contributed by atoms with Crippen molar-refractivity contribution in [3.8, 4) is 0 Å². The summed E-state index contributed by atoms with van der Waals surface area (Å²) in [5, 5.41) is 18.7. The standard InChI is InChI=1S/C14H17NO4/c1-2-9-5-3-4-6-11(9)13(17)15-8-10(16)7-12(15)14(18)19/h3-6,10,12,16H,2,7-8H2,1H3,(H,18,19)/t10-,12+/m1/s1. The van der Waals surface area contributed by atoms with Crippen LogP contribution in [0.1, 0.15) is 29.3 Å². The van der Waals surface area contributed by atoms with Crippen molar-refractivity contribution in [2.45, 2.75) is 31.9 Å². The van der Waals surface area contributed by atoms with Crippen LogP contribution in [-0.4, -0.2) is 45.7 Å². The van der Waals surface area contributed by atoms with Gasteiger partial charge in [-0.05, 0) is 18.1 Å². The summed E-state index contributed by atoms with van der Waals surface area (Å²) in [4.78, 5) is 24.8. The summed E-state index contributed by atoms with van der Waals surface area (Å²) < 4.78 is 0. The lowest BCUT2D eigenvalue weighted by atomic mass is 10.0. The number of nitrogens with zero attached hydrogens (tertiary/aromatic N) is 1. The number of carbonyl (C=O) groups is 2. The molecule has 1 fully saturated rings. The predicted octanol–water partition coefficient (Wildman–Crippen LogP) is 0.909. The van der Waals surface area contributed by atoms with Crippen LogP contribution in [-0.2, 0) is 11.2 Å². The number of rotatable bonds is 3. The van der Waals surface area contributed by atoms with Crippen LogP contribution in [0.4, 0.5) is 0 Å². The average Bonchev–Trinajstić information content (AvgIpc) is 2.80. The Labute approximate surface area is 111 Å². The molecule has 1 aliphatic rings. The molecule has 0 saturated carbocycles. The molecule has 2 atom stereocenters. The maximum Gasteiger partial charge on any atom is 0.326 e. The largest absolute Gasteiger partial charge is 0.480 e. The number of carboxylic acids is 1. The minimum absolute atomic E-state index is 0.0772. The Hall–Kier alpha value is -1.88. The molecule has 1 aromatic rings. The highest BCUT2D eigenvalue weighted by molar-refractivity contribution is 5.98. The highest BCUT2D eigenvalue weighted by Gasteiger charge is 2.39. The molecule has 0 aromatic heterocycles. The summed E-state index contributed by atoms with van der Waals surface area (Å²) >= 11 is 0. The number of hydrogen-bond acceptors (Lipinski definition) is 3. The molecule has 2 N–H and O–H groups in total. The van der Waals surface area contributed by atoms with E-state index in [1.165, 1.54) is 4.90 Å². The van der Waals surface area contributed by atoms with Crippen LogP contribution < -0.4 is 0 Å². The van der Waals surface area contributed by atoms with Gasteiger partial charge in [-0.2, -0.15) is 0 Å². The lowest BCUT2D eigenvalue weighted by Crippen LogP contribution is -2.40. The number of carbonyl (C=O) groups excluding carboxylic acids is 1. The van der Waals surface area contributed by atoms with Crippen molar-refractivity contribution >= 4 is 11.9 Å². The molecule has 1 heterocycles. The summed E-state index contributed by atoms with van der Waals surface area (Å²) in [5.41, 5.74) is 1.41. The van der Waals surface area contributed by atoms with E-state index in [1.807, 2.05) is 19.1 Å². The zero-order chi connectivity index (χ0) is 14.0. The van der Waals surface area contributed by atoms with Gasteiger partial charge in [-0.15, -0.1) is 0 Å². The Morgan fingerprint density at radius 3 is 2.68 bits per heavy atom. The van der Waals surface area contributed by atoms with E-state index in [4.69, 9.17) is 5.11 Å². The first kappa shape index (κ1) is 13.5. The first-order chi connectivity index (χ1) is 9.04. The highest BCUT2D eigenvalue weighted by Crippen LogP contribution is 2.22. The van der Waals surface area contributed by atoms with Crippen molar-refractivity contribution in [1.82, 2.24) is 4.90 Å². The van der Waals surface area contributed by atoms with E-state index in [0.29, 0.717) is 12.0 Å². The first-order valence-corrected chi connectivity index (χ1v) is 6.34. The van der Waals surface area contributed by atoms with E-state index < -0.39 is 18.1 Å². The number of carboxylic acid groups (broad SMARTS) is 1. The third kappa shape index (κ3) is 2.61. The molecule has 0 unspecified atom stereocenters. The van der Waals surface area contributed by atoms with Crippen molar-refractivity contribution in [1.29, 1.82) is 0 Å². The second kappa shape index (κ2) is 5.40. The summed E-state index contributed by atoms with van der Waals surface area (Å²) in [6, 6.07) is 6.23. The smallest absolute Gasteiger partial charge is 0.326 e. The van der Waals surface area contributed by atoms with Crippen molar-refractivity contribution in [2.75, 3.05) is 6.54 Å². The van der Waals surface area contributed by atoms with Gasteiger partial charge in [0.05, 0.1) is 6.10 Å². The van der Waals surface area contributed by atoms with Crippen LogP contribution >= 0.6 is 0 Å². The second-order valence-electron chi connectivity index (χ2n) is 4.71. The molecule has 0 bridgehead atoms. The molecule has 1 aromatic carbocycles. The third-order valence-electron chi connectivity index (χ3n) is 3.45. The van der Waals surface area contributed by atoms with Crippen LogP contribution in [0.5, 0.6) is 0 Å². The quantitative estimate of drug-likeness (QED) is 0.849. The molecule has 1 saturated heterocycles. The second-order valence-corrected chi connectivity index (χ2v) is 4.71. The number of aryl methyl sites for hydroxylation is 1. The summed E-state index contributed by atoms with van der Waals surface area (Å²) in [6.45, 7) is 2.02. The predicted molar refractivity (Wildman–Crippen MR) is 68.9 cm³/mol. The number of aliphatic carboxylic acids is 1. The summed E-state index contributed by atoms with van der Waals surface area (Å²) in [7, 11) is 0. The number of aliphatic hydroxyl groups excluding tert-OH is 1. The van der Waals surface area contributed by atoms with Gasteiger partial charge < -0.3 is 15.1 Å².